The zero-order valence-corrected chi connectivity index (χ0v) is 11.8. The van der Waals surface area contributed by atoms with E-state index >= 15 is 0 Å². The van der Waals surface area contributed by atoms with Crippen LogP contribution >= 0.6 is 11.6 Å². The van der Waals surface area contributed by atoms with Gasteiger partial charge in [0.1, 0.15) is 0 Å². The van der Waals surface area contributed by atoms with Crippen molar-refractivity contribution in [2.24, 2.45) is 0 Å². The molecule has 1 heterocycles. The van der Waals surface area contributed by atoms with Crippen molar-refractivity contribution in [2.75, 3.05) is 6.61 Å². The quantitative estimate of drug-likeness (QED) is 0.822. The van der Waals surface area contributed by atoms with E-state index in [1.54, 1.807) is 6.20 Å². The van der Waals surface area contributed by atoms with Crippen LogP contribution in [0.2, 0.25) is 5.02 Å². The molecule has 1 atom stereocenters. The minimum Gasteiger partial charge on any atom is -0.394 e. The van der Waals surface area contributed by atoms with Crippen molar-refractivity contribution in [3.05, 3.63) is 16.9 Å². The van der Waals surface area contributed by atoms with Crippen molar-refractivity contribution in [3.63, 3.8) is 0 Å². The molecule has 1 unspecified atom stereocenters. The summed E-state index contributed by atoms with van der Waals surface area (Å²) in [5.74, 6) is 0. The van der Waals surface area contributed by atoms with Crippen molar-refractivity contribution in [1.29, 1.82) is 0 Å². The summed E-state index contributed by atoms with van der Waals surface area (Å²) in [7, 11) is 0. The number of aryl methyl sites for hydroxylation is 1. The molecule has 1 rings (SSSR count). The van der Waals surface area contributed by atoms with E-state index in [1.807, 2.05) is 18.5 Å². The van der Waals surface area contributed by atoms with Gasteiger partial charge >= 0.3 is 0 Å². The number of nitrogens with one attached hydrogen (secondary N) is 1. The van der Waals surface area contributed by atoms with Crippen molar-refractivity contribution in [1.82, 2.24) is 15.1 Å². The standard InChI is InChI=1S/C12H22ClN3O/c1-9(2)15-12(4,8-17)5-6-16-10(3)11(13)7-14-16/h7,9,15,17H,5-6,8H2,1-4H3. The second kappa shape index (κ2) is 5.85. The number of nitrogens with zero attached hydrogens (tertiary/aromatic N) is 2. The molecule has 2 N–H and O–H groups in total. The Labute approximate surface area is 108 Å². The molecule has 17 heavy (non-hydrogen) atoms. The molecule has 0 spiro atoms. The van der Waals surface area contributed by atoms with Gasteiger partial charge in [-0.1, -0.05) is 25.4 Å². The fraction of sp³-hybridized carbons (Fsp3) is 0.750. The predicted molar refractivity (Wildman–Crippen MR) is 70.4 cm³/mol. The highest BCUT2D eigenvalue weighted by atomic mass is 35.5. The highest BCUT2D eigenvalue weighted by molar-refractivity contribution is 6.31. The van der Waals surface area contributed by atoms with E-state index < -0.39 is 0 Å². The molecule has 0 bridgehead atoms. The van der Waals surface area contributed by atoms with E-state index in [4.69, 9.17) is 11.6 Å². The number of aromatic nitrogens is 2. The maximum atomic E-state index is 9.47. The molecule has 0 aromatic carbocycles. The van der Waals surface area contributed by atoms with Crippen LogP contribution in [0.25, 0.3) is 0 Å². The summed E-state index contributed by atoms with van der Waals surface area (Å²) in [6, 6.07) is 0.342. The summed E-state index contributed by atoms with van der Waals surface area (Å²) in [6.45, 7) is 8.97. The molecule has 0 saturated heterocycles. The van der Waals surface area contributed by atoms with E-state index in [1.165, 1.54) is 0 Å². The minimum atomic E-state index is -0.279. The molecular weight excluding hydrogens is 238 g/mol. The zero-order valence-electron chi connectivity index (χ0n) is 11.0. The van der Waals surface area contributed by atoms with Crippen LogP contribution in [-0.2, 0) is 6.54 Å². The molecule has 0 radical (unpaired) electrons. The molecule has 98 valence electrons. The third-order valence-corrected chi connectivity index (χ3v) is 3.28. The molecule has 0 saturated carbocycles. The molecular formula is C12H22ClN3O. The second-order valence-corrected chi connectivity index (χ2v) is 5.48. The summed E-state index contributed by atoms with van der Waals surface area (Å²) in [5.41, 5.74) is 0.690. The topological polar surface area (TPSA) is 50.1 Å². The molecule has 0 amide bonds. The van der Waals surface area contributed by atoms with Crippen molar-refractivity contribution in [2.45, 2.75) is 52.2 Å². The molecule has 1 aromatic heterocycles. The van der Waals surface area contributed by atoms with E-state index in [-0.39, 0.29) is 12.1 Å². The highest BCUT2D eigenvalue weighted by Gasteiger charge is 2.24. The Morgan fingerprint density at radius 3 is 2.65 bits per heavy atom. The van der Waals surface area contributed by atoms with Crippen LogP contribution in [0.5, 0.6) is 0 Å². The molecule has 0 aliphatic carbocycles. The number of hydrogen-bond donors (Lipinski definition) is 2. The van der Waals surface area contributed by atoms with E-state index in [0.29, 0.717) is 11.1 Å². The van der Waals surface area contributed by atoms with Crippen molar-refractivity contribution in [3.8, 4) is 0 Å². The zero-order chi connectivity index (χ0) is 13.1. The maximum absolute atomic E-state index is 9.47. The van der Waals surface area contributed by atoms with Gasteiger partial charge in [0.15, 0.2) is 0 Å². The summed E-state index contributed by atoms with van der Waals surface area (Å²) in [5, 5.41) is 17.7. The van der Waals surface area contributed by atoms with Crippen LogP contribution in [0.15, 0.2) is 6.20 Å². The minimum absolute atomic E-state index is 0.110. The van der Waals surface area contributed by atoms with Gasteiger partial charge in [-0.2, -0.15) is 5.10 Å². The lowest BCUT2D eigenvalue weighted by Gasteiger charge is -2.31. The largest absolute Gasteiger partial charge is 0.394 e. The van der Waals surface area contributed by atoms with E-state index in [0.717, 1.165) is 18.7 Å². The van der Waals surface area contributed by atoms with E-state index in [2.05, 4.69) is 24.3 Å². The Hall–Kier alpha value is -0.580. The molecule has 0 fully saturated rings. The first kappa shape index (κ1) is 14.5. The Kier molecular flexibility index (Phi) is 4.98. The van der Waals surface area contributed by atoms with Crippen LogP contribution in [0.4, 0.5) is 0 Å². The average Bonchev–Trinajstić information content (AvgIpc) is 2.56. The van der Waals surface area contributed by atoms with Crippen molar-refractivity contribution >= 4 is 11.6 Å². The van der Waals surface area contributed by atoms with Gasteiger partial charge in [0.25, 0.3) is 0 Å². The van der Waals surface area contributed by atoms with E-state index in [9.17, 15) is 5.11 Å². The number of aliphatic hydroxyl groups is 1. The fourth-order valence-corrected chi connectivity index (χ4v) is 2.04. The highest BCUT2D eigenvalue weighted by Crippen LogP contribution is 2.16. The van der Waals surface area contributed by atoms with Gasteiger partial charge in [0.2, 0.25) is 0 Å². The Bertz CT molecular complexity index is 365. The second-order valence-electron chi connectivity index (χ2n) is 5.07. The third-order valence-electron chi connectivity index (χ3n) is 2.90. The Morgan fingerprint density at radius 2 is 2.24 bits per heavy atom. The van der Waals surface area contributed by atoms with Gasteiger partial charge in [-0.25, -0.2) is 0 Å². The van der Waals surface area contributed by atoms with Crippen LogP contribution in [-0.4, -0.2) is 33.1 Å². The maximum Gasteiger partial charge on any atom is 0.0814 e. The van der Waals surface area contributed by atoms with Gasteiger partial charge in [-0.3, -0.25) is 4.68 Å². The number of aliphatic hydroxyl groups excluding tert-OH is 1. The lowest BCUT2D eigenvalue weighted by molar-refractivity contribution is 0.150. The van der Waals surface area contributed by atoms with Gasteiger partial charge in [-0.05, 0) is 20.3 Å². The average molecular weight is 260 g/mol. The fourth-order valence-electron chi connectivity index (χ4n) is 1.90. The summed E-state index contributed by atoms with van der Waals surface area (Å²) < 4.78 is 1.87. The van der Waals surface area contributed by atoms with Gasteiger partial charge in [0.05, 0.1) is 23.5 Å². The normalized spacial score (nSPS) is 15.2. The van der Waals surface area contributed by atoms with Gasteiger partial charge < -0.3 is 10.4 Å². The first-order chi connectivity index (χ1) is 7.88. The first-order valence-electron chi connectivity index (χ1n) is 5.94. The Balaban J connectivity index is 2.61. The van der Waals surface area contributed by atoms with Gasteiger partial charge in [-0.15, -0.1) is 0 Å². The number of hydrogen-bond acceptors (Lipinski definition) is 3. The summed E-state index contributed by atoms with van der Waals surface area (Å²) in [6.07, 6.45) is 2.46. The molecule has 1 aromatic rings. The lowest BCUT2D eigenvalue weighted by Crippen LogP contribution is -2.49. The summed E-state index contributed by atoms with van der Waals surface area (Å²) in [4.78, 5) is 0. The molecule has 4 nitrogen and oxygen atoms in total. The van der Waals surface area contributed by atoms with Crippen LogP contribution in [0.1, 0.15) is 32.9 Å². The van der Waals surface area contributed by atoms with Crippen molar-refractivity contribution < 1.29 is 5.11 Å². The number of halogens is 1. The molecule has 5 heteroatoms. The van der Waals surface area contributed by atoms with Crippen LogP contribution in [0.3, 0.4) is 0 Å². The SMILES string of the molecule is Cc1c(Cl)cnn1CCC(C)(CO)NC(C)C. The van der Waals surface area contributed by atoms with Crippen LogP contribution in [0, 0.1) is 6.92 Å². The third kappa shape index (κ3) is 3.98. The Morgan fingerprint density at radius 1 is 1.59 bits per heavy atom. The lowest BCUT2D eigenvalue weighted by atomic mass is 9.98. The molecule has 0 aliphatic heterocycles. The number of rotatable bonds is 6. The van der Waals surface area contributed by atoms with Crippen LogP contribution < -0.4 is 5.32 Å². The summed E-state index contributed by atoms with van der Waals surface area (Å²) >= 11 is 5.95. The predicted octanol–water partition coefficient (Wildman–Crippen LogP) is 1.98. The van der Waals surface area contributed by atoms with Gasteiger partial charge in [0, 0.05) is 18.1 Å². The monoisotopic (exact) mass is 259 g/mol. The molecule has 0 aliphatic rings. The first-order valence-corrected chi connectivity index (χ1v) is 6.32. The smallest absolute Gasteiger partial charge is 0.0814 e.